The van der Waals surface area contributed by atoms with Gasteiger partial charge in [-0.1, -0.05) is 24.4 Å². The van der Waals surface area contributed by atoms with Gasteiger partial charge in [-0.2, -0.15) is 5.26 Å². The molecule has 1 fully saturated rings. The standard InChI is InChI=1S/C8H12N4/c9-6-8(11-12-10)7-4-2-1-3-5-7/h7-8H,1-5H2/t8-/m1/s1. The monoisotopic (exact) mass is 164 g/mol. The predicted molar refractivity (Wildman–Crippen MR) is 45.1 cm³/mol. The molecule has 4 heteroatoms. The van der Waals surface area contributed by atoms with Crippen molar-refractivity contribution in [2.75, 3.05) is 0 Å². The lowest BCUT2D eigenvalue weighted by molar-refractivity contribution is 0.335. The van der Waals surface area contributed by atoms with Gasteiger partial charge >= 0.3 is 0 Å². The molecule has 0 aliphatic heterocycles. The Bertz CT molecular complexity index is 218. The normalized spacial score (nSPS) is 20.6. The highest BCUT2D eigenvalue weighted by Crippen LogP contribution is 2.27. The maximum atomic E-state index is 8.69. The van der Waals surface area contributed by atoms with Crippen LogP contribution >= 0.6 is 0 Å². The molecule has 0 spiro atoms. The third-order valence-corrected chi connectivity index (χ3v) is 2.40. The van der Waals surface area contributed by atoms with Crippen LogP contribution in [0.2, 0.25) is 0 Å². The molecular weight excluding hydrogens is 152 g/mol. The molecule has 0 heterocycles. The van der Waals surface area contributed by atoms with Crippen LogP contribution in [-0.4, -0.2) is 6.04 Å². The van der Waals surface area contributed by atoms with Crippen LogP contribution in [0.15, 0.2) is 5.11 Å². The fourth-order valence-corrected chi connectivity index (χ4v) is 1.73. The molecule has 1 aliphatic rings. The fourth-order valence-electron chi connectivity index (χ4n) is 1.73. The van der Waals surface area contributed by atoms with Gasteiger partial charge in [-0.25, -0.2) is 0 Å². The van der Waals surface area contributed by atoms with Gasteiger partial charge in [0.2, 0.25) is 0 Å². The van der Waals surface area contributed by atoms with E-state index in [9.17, 15) is 0 Å². The van der Waals surface area contributed by atoms with Gasteiger partial charge in [0.1, 0.15) is 6.04 Å². The van der Waals surface area contributed by atoms with Gasteiger partial charge < -0.3 is 0 Å². The van der Waals surface area contributed by atoms with E-state index in [-0.39, 0.29) is 0 Å². The van der Waals surface area contributed by atoms with Crippen LogP contribution in [0.3, 0.4) is 0 Å². The zero-order chi connectivity index (χ0) is 8.81. The third-order valence-electron chi connectivity index (χ3n) is 2.40. The Morgan fingerprint density at radius 2 is 2.08 bits per heavy atom. The molecule has 12 heavy (non-hydrogen) atoms. The van der Waals surface area contributed by atoms with Crippen molar-refractivity contribution >= 4 is 0 Å². The number of hydrogen-bond acceptors (Lipinski definition) is 2. The smallest absolute Gasteiger partial charge is 0.127 e. The van der Waals surface area contributed by atoms with E-state index in [0.717, 1.165) is 12.8 Å². The van der Waals surface area contributed by atoms with Crippen molar-refractivity contribution in [2.45, 2.75) is 38.1 Å². The molecular formula is C8H12N4. The Labute approximate surface area is 71.8 Å². The lowest BCUT2D eigenvalue weighted by Gasteiger charge is -2.22. The summed E-state index contributed by atoms with van der Waals surface area (Å²) in [5, 5.41) is 12.2. The van der Waals surface area contributed by atoms with Gasteiger partial charge in [0.05, 0.1) is 6.07 Å². The van der Waals surface area contributed by atoms with Crippen molar-refractivity contribution in [1.82, 2.24) is 0 Å². The van der Waals surface area contributed by atoms with E-state index in [4.69, 9.17) is 10.8 Å². The predicted octanol–water partition coefficient (Wildman–Crippen LogP) is 2.77. The molecule has 1 rings (SSSR count). The second-order valence-corrected chi connectivity index (χ2v) is 3.18. The molecule has 0 aromatic rings. The van der Waals surface area contributed by atoms with Crippen LogP contribution in [0.4, 0.5) is 0 Å². The van der Waals surface area contributed by atoms with Crippen LogP contribution in [0.1, 0.15) is 32.1 Å². The van der Waals surface area contributed by atoms with E-state index in [1.165, 1.54) is 19.3 Å². The highest BCUT2D eigenvalue weighted by molar-refractivity contribution is 4.95. The zero-order valence-corrected chi connectivity index (χ0v) is 6.98. The molecule has 0 bridgehead atoms. The topological polar surface area (TPSA) is 72.5 Å². The Balaban J connectivity index is 2.53. The largest absolute Gasteiger partial charge is 0.198 e. The number of hydrogen-bond donors (Lipinski definition) is 0. The van der Waals surface area contributed by atoms with E-state index < -0.39 is 6.04 Å². The molecule has 0 aromatic heterocycles. The number of nitrogens with zero attached hydrogens (tertiary/aromatic N) is 4. The van der Waals surface area contributed by atoms with Crippen molar-refractivity contribution in [1.29, 1.82) is 5.26 Å². The average Bonchev–Trinajstić information content (AvgIpc) is 2.15. The summed E-state index contributed by atoms with van der Waals surface area (Å²) in [6, 6.07) is 1.62. The van der Waals surface area contributed by atoms with Gasteiger partial charge in [-0.05, 0) is 24.3 Å². The van der Waals surface area contributed by atoms with E-state index in [0.29, 0.717) is 5.92 Å². The van der Waals surface area contributed by atoms with Crippen LogP contribution in [0.5, 0.6) is 0 Å². The van der Waals surface area contributed by atoms with E-state index in [1.807, 2.05) is 0 Å². The minimum Gasteiger partial charge on any atom is -0.198 e. The summed E-state index contributed by atoms with van der Waals surface area (Å²) >= 11 is 0. The summed E-state index contributed by atoms with van der Waals surface area (Å²) in [4.78, 5) is 2.68. The molecule has 64 valence electrons. The maximum Gasteiger partial charge on any atom is 0.127 e. The first-order valence-corrected chi connectivity index (χ1v) is 4.32. The number of azide groups is 1. The second-order valence-electron chi connectivity index (χ2n) is 3.18. The Morgan fingerprint density at radius 3 is 2.58 bits per heavy atom. The molecule has 1 atom stereocenters. The maximum absolute atomic E-state index is 8.69. The molecule has 0 amide bonds. The van der Waals surface area contributed by atoms with Crippen LogP contribution in [0, 0.1) is 17.2 Å². The average molecular weight is 164 g/mol. The molecule has 0 aromatic carbocycles. The summed E-state index contributed by atoms with van der Waals surface area (Å²) in [6.45, 7) is 0. The van der Waals surface area contributed by atoms with Crippen LogP contribution in [-0.2, 0) is 0 Å². The Morgan fingerprint density at radius 1 is 1.42 bits per heavy atom. The molecule has 1 saturated carbocycles. The third kappa shape index (κ3) is 2.14. The fraction of sp³-hybridized carbons (Fsp3) is 0.875. The molecule has 0 saturated heterocycles. The van der Waals surface area contributed by atoms with Gasteiger partial charge in [0, 0.05) is 4.91 Å². The first kappa shape index (κ1) is 8.89. The van der Waals surface area contributed by atoms with Crippen molar-refractivity contribution in [3.8, 4) is 6.07 Å². The van der Waals surface area contributed by atoms with Gasteiger partial charge in [-0.3, -0.25) is 0 Å². The second kappa shape index (κ2) is 4.63. The summed E-state index contributed by atoms with van der Waals surface area (Å²) in [5.74, 6) is 0.305. The first-order valence-electron chi connectivity index (χ1n) is 4.32. The Kier molecular flexibility index (Phi) is 3.43. The minimum absolute atomic E-state index is 0.305. The van der Waals surface area contributed by atoms with Crippen LogP contribution < -0.4 is 0 Å². The van der Waals surface area contributed by atoms with Gasteiger partial charge in [0.25, 0.3) is 0 Å². The van der Waals surface area contributed by atoms with E-state index >= 15 is 0 Å². The number of nitriles is 1. The summed E-state index contributed by atoms with van der Waals surface area (Å²) in [5.41, 5.74) is 8.21. The Hall–Kier alpha value is -1.20. The lowest BCUT2D eigenvalue weighted by atomic mass is 9.85. The van der Waals surface area contributed by atoms with E-state index in [2.05, 4.69) is 16.1 Å². The van der Waals surface area contributed by atoms with Crippen molar-refractivity contribution in [2.24, 2.45) is 11.0 Å². The minimum atomic E-state index is -0.435. The molecule has 0 unspecified atom stereocenters. The highest BCUT2D eigenvalue weighted by atomic mass is 15.1. The molecule has 0 radical (unpaired) electrons. The SMILES string of the molecule is N#C[C@@H](N=[N+]=[N-])C1CCCCC1. The van der Waals surface area contributed by atoms with Crippen LogP contribution in [0.25, 0.3) is 10.4 Å². The quantitative estimate of drug-likeness (QED) is 0.351. The highest BCUT2D eigenvalue weighted by Gasteiger charge is 2.21. The van der Waals surface area contributed by atoms with E-state index in [1.54, 1.807) is 0 Å². The first-order chi connectivity index (χ1) is 5.88. The number of rotatable bonds is 2. The van der Waals surface area contributed by atoms with Crippen molar-refractivity contribution < 1.29 is 0 Å². The molecule has 4 nitrogen and oxygen atoms in total. The summed E-state index contributed by atoms with van der Waals surface area (Å²) in [6.07, 6.45) is 5.67. The molecule has 1 aliphatic carbocycles. The summed E-state index contributed by atoms with van der Waals surface area (Å²) in [7, 11) is 0. The van der Waals surface area contributed by atoms with Crippen molar-refractivity contribution in [3.05, 3.63) is 10.4 Å². The van der Waals surface area contributed by atoms with Gasteiger partial charge in [-0.15, -0.1) is 0 Å². The molecule has 0 N–H and O–H groups in total. The zero-order valence-electron chi connectivity index (χ0n) is 6.98. The van der Waals surface area contributed by atoms with Gasteiger partial charge in [0.15, 0.2) is 0 Å². The summed E-state index contributed by atoms with van der Waals surface area (Å²) < 4.78 is 0. The van der Waals surface area contributed by atoms with Crippen molar-refractivity contribution in [3.63, 3.8) is 0 Å². The lowest BCUT2D eigenvalue weighted by Crippen LogP contribution is -2.19.